The first-order valence-electron chi connectivity index (χ1n) is 8.08. The third-order valence-corrected chi connectivity index (χ3v) is 4.60. The zero-order chi connectivity index (χ0) is 19.4. The molecule has 0 aliphatic carbocycles. The summed E-state index contributed by atoms with van der Waals surface area (Å²) in [6.45, 7) is -2.15. The molecular weight excluding hydrogens is 403 g/mol. The first-order valence-corrected chi connectivity index (χ1v) is 8.84. The Morgan fingerprint density at radius 1 is 1.26 bits per heavy atom. The molecule has 0 bridgehead atoms. The van der Waals surface area contributed by atoms with E-state index in [1.165, 1.54) is 30.6 Å². The molecule has 1 aliphatic heterocycles. The van der Waals surface area contributed by atoms with Crippen molar-refractivity contribution in [2.45, 2.75) is 25.6 Å². The van der Waals surface area contributed by atoms with E-state index < -0.39 is 6.61 Å². The maximum absolute atomic E-state index is 12.6. The van der Waals surface area contributed by atoms with Crippen molar-refractivity contribution < 1.29 is 27.8 Å². The van der Waals surface area contributed by atoms with Gasteiger partial charge in [0.05, 0.1) is 23.3 Å². The Morgan fingerprint density at radius 2 is 2.00 bits per heavy atom. The summed E-state index contributed by atoms with van der Waals surface area (Å²) in [6, 6.07) is 4.04. The Morgan fingerprint density at radius 3 is 2.63 bits per heavy atom. The molecule has 0 N–H and O–H groups in total. The van der Waals surface area contributed by atoms with Crippen LogP contribution in [0.25, 0.3) is 0 Å². The van der Waals surface area contributed by atoms with Gasteiger partial charge in [0.25, 0.3) is 0 Å². The van der Waals surface area contributed by atoms with Crippen LogP contribution < -0.4 is 9.47 Å². The lowest BCUT2D eigenvalue weighted by atomic mass is 10.0. The van der Waals surface area contributed by atoms with Crippen molar-refractivity contribution in [1.29, 1.82) is 0 Å². The zero-order valence-electron chi connectivity index (χ0n) is 14.0. The summed E-state index contributed by atoms with van der Waals surface area (Å²) >= 11 is 12.1. The number of carbonyl (C=O) groups is 1. The lowest BCUT2D eigenvalue weighted by molar-refractivity contribution is -0.0521. The number of pyridine rings is 1. The van der Waals surface area contributed by atoms with Gasteiger partial charge in [0.15, 0.2) is 17.3 Å². The molecule has 27 heavy (non-hydrogen) atoms. The largest absolute Gasteiger partial charge is 0.484 e. The van der Waals surface area contributed by atoms with Crippen molar-refractivity contribution in [2.75, 3.05) is 13.2 Å². The average Bonchev–Trinajstić information content (AvgIpc) is 3.12. The predicted molar refractivity (Wildman–Crippen MR) is 95.2 cm³/mol. The van der Waals surface area contributed by atoms with E-state index in [0.29, 0.717) is 25.2 Å². The fraction of sp³-hybridized carbons (Fsp3) is 0.333. The van der Waals surface area contributed by atoms with E-state index in [9.17, 15) is 13.6 Å². The highest BCUT2D eigenvalue weighted by atomic mass is 35.5. The molecule has 2 aromatic rings. The third kappa shape index (κ3) is 5.06. The second kappa shape index (κ2) is 8.82. The lowest BCUT2D eigenvalue weighted by Crippen LogP contribution is -2.17. The van der Waals surface area contributed by atoms with E-state index in [4.69, 9.17) is 32.7 Å². The molecular formula is C18H15Cl2F2NO4. The molecule has 1 atom stereocenters. The molecule has 1 aliphatic rings. The third-order valence-electron chi connectivity index (χ3n) is 3.95. The van der Waals surface area contributed by atoms with Crippen LogP contribution in [-0.2, 0) is 11.2 Å². The van der Waals surface area contributed by atoms with Gasteiger partial charge in [-0.2, -0.15) is 8.78 Å². The summed E-state index contributed by atoms with van der Waals surface area (Å²) in [5.41, 5.74) is 0.701. The van der Waals surface area contributed by atoms with Gasteiger partial charge in [-0.25, -0.2) is 0 Å². The molecule has 1 aromatic carbocycles. The van der Waals surface area contributed by atoms with Gasteiger partial charge in [0.1, 0.15) is 6.10 Å². The Bertz CT molecular complexity index is 809. The van der Waals surface area contributed by atoms with E-state index in [1.54, 1.807) is 0 Å². The van der Waals surface area contributed by atoms with Crippen LogP contribution in [0.4, 0.5) is 8.78 Å². The molecule has 144 valence electrons. The highest BCUT2D eigenvalue weighted by Crippen LogP contribution is 2.33. The maximum atomic E-state index is 12.6. The van der Waals surface area contributed by atoms with Gasteiger partial charge in [0.2, 0.25) is 0 Å². The minimum Gasteiger partial charge on any atom is -0.484 e. The molecule has 1 unspecified atom stereocenters. The second-order valence-electron chi connectivity index (χ2n) is 5.83. The number of halogens is 4. The summed E-state index contributed by atoms with van der Waals surface area (Å²) in [5.74, 6) is -0.391. The van der Waals surface area contributed by atoms with Gasteiger partial charge in [-0.1, -0.05) is 23.2 Å². The maximum Gasteiger partial charge on any atom is 0.387 e. The SMILES string of the molecule is O=C(Cc1c(Cl)cncc1Cl)c1ccc(OC(F)F)c(OC2CCOC2)c1. The Labute approximate surface area is 164 Å². The number of ketones is 1. The van der Waals surface area contributed by atoms with Crippen molar-refractivity contribution in [3.05, 3.63) is 51.8 Å². The molecule has 1 fully saturated rings. The number of rotatable bonds is 7. The fourth-order valence-electron chi connectivity index (χ4n) is 2.62. The standard InChI is InChI=1S/C18H15Cl2F2NO4/c19-13-7-23-8-14(20)12(13)6-15(24)10-1-2-16(27-18(21)22)17(5-10)26-11-3-4-25-9-11/h1-2,5,7-8,11,18H,3-4,6,9H2. The molecule has 1 saturated heterocycles. The van der Waals surface area contributed by atoms with Gasteiger partial charge in [0, 0.05) is 36.4 Å². The van der Waals surface area contributed by atoms with Crippen LogP contribution in [0.1, 0.15) is 22.3 Å². The molecule has 3 rings (SSSR count). The Balaban J connectivity index is 1.84. The molecule has 5 nitrogen and oxygen atoms in total. The second-order valence-corrected chi connectivity index (χ2v) is 6.64. The van der Waals surface area contributed by atoms with Gasteiger partial charge < -0.3 is 14.2 Å². The number of hydrogen-bond acceptors (Lipinski definition) is 5. The van der Waals surface area contributed by atoms with Crippen molar-refractivity contribution in [2.24, 2.45) is 0 Å². The van der Waals surface area contributed by atoms with Crippen molar-refractivity contribution >= 4 is 29.0 Å². The summed E-state index contributed by atoms with van der Waals surface area (Å²) in [5, 5.41) is 0.543. The van der Waals surface area contributed by atoms with E-state index >= 15 is 0 Å². The van der Waals surface area contributed by atoms with Gasteiger partial charge >= 0.3 is 6.61 Å². The average molecular weight is 418 g/mol. The topological polar surface area (TPSA) is 57.7 Å². The lowest BCUT2D eigenvalue weighted by Gasteiger charge is -2.17. The van der Waals surface area contributed by atoms with Crippen LogP contribution in [0.2, 0.25) is 10.0 Å². The van der Waals surface area contributed by atoms with Gasteiger partial charge in [-0.05, 0) is 18.2 Å². The first kappa shape index (κ1) is 19.8. The van der Waals surface area contributed by atoms with Gasteiger partial charge in [-0.15, -0.1) is 0 Å². The molecule has 9 heteroatoms. The van der Waals surface area contributed by atoms with Crippen LogP contribution in [-0.4, -0.2) is 36.7 Å². The summed E-state index contributed by atoms with van der Waals surface area (Å²) in [4.78, 5) is 16.5. The minimum atomic E-state index is -3.01. The van der Waals surface area contributed by atoms with Crippen molar-refractivity contribution in [3.8, 4) is 11.5 Å². The minimum absolute atomic E-state index is 0.0589. The molecule has 0 saturated carbocycles. The smallest absolute Gasteiger partial charge is 0.387 e. The van der Waals surface area contributed by atoms with E-state index in [2.05, 4.69) is 9.72 Å². The van der Waals surface area contributed by atoms with E-state index in [0.717, 1.165) is 0 Å². The number of ether oxygens (including phenoxy) is 3. The van der Waals surface area contributed by atoms with Crippen LogP contribution in [0.3, 0.4) is 0 Å². The normalized spacial score (nSPS) is 16.6. The van der Waals surface area contributed by atoms with Crippen LogP contribution in [0, 0.1) is 0 Å². The highest BCUT2D eigenvalue weighted by molar-refractivity contribution is 6.36. The van der Waals surface area contributed by atoms with Crippen LogP contribution in [0.15, 0.2) is 30.6 Å². The van der Waals surface area contributed by atoms with Crippen molar-refractivity contribution in [1.82, 2.24) is 4.98 Å². The molecule has 1 aromatic heterocycles. The molecule has 2 heterocycles. The number of benzene rings is 1. The molecule has 0 radical (unpaired) electrons. The summed E-state index contributed by atoms with van der Waals surface area (Å²) in [7, 11) is 0. The molecule has 0 spiro atoms. The summed E-state index contributed by atoms with van der Waals surface area (Å²) < 4.78 is 40.7. The number of hydrogen-bond donors (Lipinski definition) is 0. The van der Waals surface area contributed by atoms with Gasteiger partial charge in [-0.3, -0.25) is 9.78 Å². The van der Waals surface area contributed by atoms with E-state index in [-0.39, 0.29) is 45.4 Å². The monoisotopic (exact) mass is 417 g/mol. The number of Topliss-reactive ketones (excluding diaryl/α,β-unsaturated/α-hetero) is 1. The number of aromatic nitrogens is 1. The Hall–Kier alpha value is -1.96. The number of nitrogens with zero attached hydrogens (tertiary/aromatic N) is 1. The van der Waals surface area contributed by atoms with Crippen molar-refractivity contribution in [3.63, 3.8) is 0 Å². The fourth-order valence-corrected chi connectivity index (χ4v) is 3.12. The Kier molecular flexibility index (Phi) is 6.46. The van der Waals surface area contributed by atoms with Crippen LogP contribution in [0.5, 0.6) is 11.5 Å². The quantitative estimate of drug-likeness (QED) is 0.616. The zero-order valence-corrected chi connectivity index (χ0v) is 15.5. The number of alkyl halides is 2. The highest BCUT2D eigenvalue weighted by Gasteiger charge is 2.22. The first-order chi connectivity index (χ1) is 12.9. The predicted octanol–water partition coefficient (Wildman–Crippen LogP) is 4.58. The van der Waals surface area contributed by atoms with Crippen LogP contribution >= 0.6 is 23.2 Å². The summed E-state index contributed by atoms with van der Waals surface area (Å²) in [6.07, 6.45) is 3.05. The number of carbonyl (C=O) groups excluding carboxylic acids is 1. The molecule has 0 amide bonds. The van der Waals surface area contributed by atoms with E-state index in [1.807, 2.05) is 0 Å².